The lowest BCUT2D eigenvalue weighted by atomic mass is 10.1. The number of nitrogens with one attached hydrogen (secondary N) is 1. The molecule has 96 valence electrons. The molecule has 0 saturated carbocycles. The van der Waals surface area contributed by atoms with Crippen LogP contribution in [0.1, 0.15) is 28.8 Å². The zero-order valence-electron chi connectivity index (χ0n) is 10.6. The molecule has 0 aromatic carbocycles. The van der Waals surface area contributed by atoms with Gasteiger partial charge in [0.05, 0.1) is 17.0 Å². The lowest BCUT2D eigenvalue weighted by Crippen LogP contribution is -2.03. The van der Waals surface area contributed by atoms with Crippen molar-refractivity contribution in [2.75, 3.05) is 5.32 Å². The Kier molecular flexibility index (Phi) is 3.17. The maximum Gasteiger partial charge on any atom is 0.258 e. The number of thiophene rings is 1. The van der Waals surface area contributed by atoms with Gasteiger partial charge in [0, 0.05) is 16.0 Å². The average molecular weight is 270 g/mol. The van der Waals surface area contributed by atoms with Crippen molar-refractivity contribution in [3.8, 4) is 0 Å². The average Bonchev–Trinajstić information content (AvgIpc) is 2.96. The number of fused-ring (bicyclic) bond motifs is 1. The fourth-order valence-electron chi connectivity index (χ4n) is 2.15. The Hall–Kier alpha value is -1.94. The molecule has 2 aromatic heterocycles. The number of pyridine rings is 1. The van der Waals surface area contributed by atoms with Gasteiger partial charge in [0.2, 0.25) is 0 Å². The van der Waals surface area contributed by atoms with Crippen molar-refractivity contribution in [3.63, 3.8) is 0 Å². The molecule has 1 aliphatic heterocycles. The molecule has 3 rings (SSSR count). The number of aromatic nitrogens is 1. The second-order valence-corrected chi connectivity index (χ2v) is 5.67. The van der Waals surface area contributed by atoms with Gasteiger partial charge in [0.25, 0.3) is 5.91 Å². The van der Waals surface area contributed by atoms with E-state index in [4.69, 9.17) is 0 Å². The molecule has 3 heterocycles. The summed E-state index contributed by atoms with van der Waals surface area (Å²) in [6.45, 7) is 2.17. The van der Waals surface area contributed by atoms with E-state index in [2.05, 4.69) is 29.4 Å². The predicted octanol–water partition coefficient (Wildman–Crippen LogP) is 3.59. The zero-order chi connectivity index (χ0) is 13.2. The summed E-state index contributed by atoms with van der Waals surface area (Å²) in [5.41, 5.74) is 2.20. The first-order chi connectivity index (χ1) is 9.28. The molecule has 2 aromatic rings. The van der Waals surface area contributed by atoms with Crippen LogP contribution in [0, 0.1) is 0 Å². The summed E-state index contributed by atoms with van der Waals surface area (Å²) in [7, 11) is 0. The number of aryl methyl sites for hydroxylation is 1. The van der Waals surface area contributed by atoms with E-state index in [1.807, 2.05) is 18.2 Å². The van der Waals surface area contributed by atoms with Crippen LogP contribution in [0.2, 0.25) is 0 Å². The Morgan fingerprint density at radius 1 is 1.37 bits per heavy atom. The van der Waals surface area contributed by atoms with Gasteiger partial charge < -0.3 is 5.32 Å². The van der Waals surface area contributed by atoms with Crippen LogP contribution >= 0.6 is 11.3 Å². The van der Waals surface area contributed by atoms with Crippen molar-refractivity contribution >= 4 is 34.6 Å². The molecule has 0 aliphatic carbocycles. The minimum atomic E-state index is -0.0702. The molecule has 0 spiro atoms. The van der Waals surface area contributed by atoms with E-state index in [-0.39, 0.29) is 5.91 Å². The van der Waals surface area contributed by atoms with Crippen LogP contribution in [-0.4, -0.2) is 10.9 Å². The lowest BCUT2D eigenvalue weighted by Gasteiger charge is -1.95. The summed E-state index contributed by atoms with van der Waals surface area (Å²) in [4.78, 5) is 18.7. The normalized spacial score (nSPS) is 15.6. The monoisotopic (exact) mass is 270 g/mol. The number of carbonyl (C=O) groups excluding carboxylic acids is 1. The molecule has 0 fully saturated rings. The molecule has 0 atom stereocenters. The topological polar surface area (TPSA) is 42.0 Å². The number of anilines is 1. The first kappa shape index (κ1) is 12.1. The van der Waals surface area contributed by atoms with E-state index in [1.165, 1.54) is 4.88 Å². The second-order valence-electron chi connectivity index (χ2n) is 4.47. The van der Waals surface area contributed by atoms with Crippen molar-refractivity contribution < 1.29 is 4.79 Å². The quantitative estimate of drug-likeness (QED) is 0.866. The Morgan fingerprint density at radius 3 is 3.11 bits per heavy atom. The highest BCUT2D eigenvalue weighted by atomic mass is 32.1. The van der Waals surface area contributed by atoms with E-state index in [0.29, 0.717) is 5.57 Å². The summed E-state index contributed by atoms with van der Waals surface area (Å²) in [6, 6.07) is 7.90. The number of nitrogens with zero attached hydrogens (tertiary/aromatic N) is 1. The van der Waals surface area contributed by atoms with Gasteiger partial charge in [-0.05, 0) is 36.8 Å². The fourth-order valence-corrected chi connectivity index (χ4v) is 3.20. The van der Waals surface area contributed by atoms with Gasteiger partial charge in [0.1, 0.15) is 0 Å². The summed E-state index contributed by atoms with van der Waals surface area (Å²) in [6.07, 6.45) is 5.87. The third-order valence-electron chi connectivity index (χ3n) is 3.02. The molecule has 0 unspecified atom stereocenters. The van der Waals surface area contributed by atoms with Gasteiger partial charge in [-0.15, -0.1) is 11.3 Å². The summed E-state index contributed by atoms with van der Waals surface area (Å²) < 4.78 is 0. The summed E-state index contributed by atoms with van der Waals surface area (Å²) >= 11 is 1.74. The highest BCUT2D eigenvalue weighted by molar-refractivity contribution is 7.13. The molecule has 0 bridgehead atoms. The Balaban J connectivity index is 1.96. The van der Waals surface area contributed by atoms with Crippen LogP contribution in [0.5, 0.6) is 0 Å². The van der Waals surface area contributed by atoms with Gasteiger partial charge in [-0.25, -0.2) is 0 Å². The first-order valence-electron chi connectivity index (χ1n) is 6.35. The molecule has 19 heavy (non-hydrogen) atoms. The number of hydrogen-bond acceptors (Lipinski definition) is 3. The third kappa shape index (κ3) is 2.31. The summed E-state index contributed by atoms with van der Waals surface area (Å²) in [5, 5.41) is 2.83. The van der Waals surface area contributed by atoms with E-state index in [1.54, 1.807) is 17.5 Å². The number of rotatable bonds is 3. The lowest BCUT2D eigenvalue weighted by molar-refractivity contribution is -0.110. The largest absolute Gasteiger partial charge is 0.320 e. The fraction of sp³-hybridized carbons (Fsp3) is 0.200. The van der Waals surface area contributed by atoms with Crippen molar-refractivity contribution in [3.05, 3.63) is 45.9 Å². The summed E-state index contributed by atoms with van der Waals surface area (Å²) in [5.74, 6) is -0.0702. The second kappa shape index (κ2) is 4.97. The maximum absolute atomic E-state index is 12.0. The SMILES string of the molecule is CCCc1ccc(C=C2C(=O)Nc3cccnc32)s1. The smallest absolute Gasteiger partial charge is 0.258 e. The molecular formula is C15H14N2OS. The number of hydrogen-bond donors (Lipinski definition) is 1. The first-order valence-corrected chi connectivity index (χ1v) is 7.16. The van der Waals surface area contributed by atoms with E-state index in [9.17, 15) is 4.79 Å². The van der Waals surface area contributed by atoms with Crippen LogP contribution in [0.4, 0.5) is 5.69 Å². The van der Waals surface area contributed by atoms with Gasteiger partial charge in [0.15, 0.2) is 0 Å². The van der Waals surface area contributed by atoms with E-state index >= 15 is 0 Å². The highest BCUT2D eigenvalue weighted by Gasteiger charge is 2.25. The maximum atomic E-state index is 12.0. The zero-order valence-corrected chi connectivity index (χ0v) is 11.5. The minimum Gasteiger partial charge on any atom is -0.320 e. The number of carbonyl (C=O) groups is 1. The van der Waals surface area contributed by atoms with Gasteiger partial charge in [-0.3, -0.25) is 9.78 Å². The molecule has 0 radical (unpaired) electrons. The van der Waals surface area contributed by atoms with Crippen LogP contribution in [-0.2, 0) is 11.2 Å². The minimum absolute atomic E-state index is 0.0702. The van der Waals surface area contributed by atoms with Crippen LogP contribution in [0.15, 0.2) is 30.5 Å². The molecule has 0 saturated heterocycles. The highest BCUT2D eigenvalue weighted by Crippen LogP contribution is 2.32. The number of amides is 1. The molecular weight excluding hydrogens is 256 g/mol. The predicted molar refractivity (Wildman–Crippen MR) is 79.1 cm³/mol. The van der Waals surface area contributed by atoms with Gasteiger partial charge >= 0.3 is 0 Å². The van der Waals surface area contributed by atoms with Crippen molar-refractivity contribution in [1.82, 2.24) is 4.98 Å². The van der Waals surface area contributed by atoms with Crippen LogP contribution in [0.25, 0.3) is 11.6 Å². The standard InChI is InChI=1S/C15H14N2OS/c1-2-4-10-6-7-11(19-10)9-12-14-13(17-15(12)18)5-3-8-16-14/h3,5-9H,2,4H2,1H3,(H,17,18). The van der Waals surface area contributed by atoms with Gasteiger partial charge in [-0.2, -0.15) is 0 Å². The van der Waals surface area contributed by atoms with Crippen molar-refractivity contribution in [1.29, 1.82) is 0 Å². The molecule has 1 aliphatic rings. The Morgan fingerprint density at radius 2 is 2.26 bits per heavy atom. The molecule has 3 nitrogen and oxygen atoms in total. The van der Waals surface area contributed by atoms with Crippen molar-refractivity contribution in [2.45, 2.75) is 19.8 Å². The van der Waals surface area contributed by atoms with Crippen molar-refractivity contribution in [2.24, 2.45) is 0 Å². The molecule has 4 heteroatoms. The van der Waals surface area contributed by atoms with E-state index in [0.717, 1.165) is 29.1 Å². The third-order valence-corrected chi connectivity index (χ3v) is 4.11. The Labute approximate surface area is 116 Å². The Bertz CT molecular complexity index is 658. The van der Waals surface area contributed by atoms with Crippen LogP contribution in [0.3, 0.4) is 0 Å². The van der Waals surface area contributed by atoms with E-state index < -0.39 is 0 Å². The molecule has 1 amide bonds. The van der Waals surface area contributed by atoms with Crippen LogP contribution < -0.4 is 5.32 Å². The molecule has 1 N–H and O–H groups in total. The van der Waals surface area contributed by atoms with Gasteiger partial charge in [-0.1, -0.05) is 13.3 Å².